The van der Waals surface area contributed by atoms with Crippen molar-refractivity contribution in [1.29, 1.82) is 0 Å². The van der Waals surface area contributed by atoms with Gasteiger partial charge in [-0.05, 0) is 29.8 Å². The van der Waals surface area contributed by atoms with Crippen molar-refractivity contribution in [3.63, 3.8) is 0 Å². The van der Waals surface area contributed by atoms with Crippen molar-refractivity contribution < 1.29 is 27.9 Å². The standard InChI is InChI=1S/C15H12ClF2NO5/c1-22-14-6-9(2-4-13(14)24-15(17)18)8-23-12-5-3-10(16)7-11(12)19(20)21/h2-7,15H,8H2,1H3. The number of alkyl halides is 2. The van der Waals surface area contributed by atoms with Crippen molar-refractivity contribution in [2.45, 2.75) is 13.2 Å². The fourth-order valence-corrected chi connectivity index (χ4v) is 2.08. The number of nitrogens with zero attached hydrogens (tertiary/aromatic N) is 1. The second-order valence-electron chi connectivity index (χ2n) is 4.52. The van der Waals surface area contributed by atoms with Gasteiger partial charge in [0.2, 0.25) is 0 Å². The number of halogens is 3. The molecule has 24 heavy (non-hydrogen) atoms. The molecule has 0 atom stereocenters. The summed E-state index contributed by atoms with van der Waals surface area (Å²) < 4.78 is 39.3. The van der Waals surface area contributed by atoms with Crippen molar-refractivity contribution in [2.75, 3.05) is 7.11 Å². The van der Waals surface area contributed by atoms with Gasteiger partial charge in [-0.2, -0.15) is 8.78 Å². The first-order valence-corrected chi connectivity index (χ1v) is 6.97. The van der Waals surface area contributed by atoms with Crippen LogP contribution in [0.25, 0.3) is 0 Å². The average Bonchev–Trinajstić information content (AvgIpc) is 2.54. The summed E-state index contributed by atoms with van der Waals surface area (Å²) in [6.07, 6.45) is 0. The first-order valence-electron chi connectivity index (χ1n) is 6.59. The zero-order chi connectivity index (χ0) is 17.7. The molecule has 0 aliphatic heterocycles. The van der Waals surface area contributed by atoms with Crippen LogP contribution in [0.4, 0.5) is 14.5 Å². The summed E-state index contributed by atoms with van der Waals surface area (Å²) in [5.74, 6) is 0.0204. The smallest absolute Gasteiger partial charge is 0.387 e. The van der Waals surface area contributed by atoms with Crippen molar-refractivity contribution >= 4 is 17.3 Å². The van der Waals surface area contributed by atoms with Gasteiger partial charge in [0.25, 0.3) is 0 Å². The van der Waals surface area contributed by atoms with E-state index in [1.54, 1.807) is 0 Å². The van der Waals surface area contributed by atoms with Gasteiger partial charge in [-0.1, -0.05) is 17.7 Å². The normalized spacial score (nSPS) is 10.5. The van der Waals surface area contributed by atoms with Gasteiger partial charge in [-0.25, -0.2) is 0 Å². The Morgan fingerprint density at radius 3 is 2.50 bits per heavy atom. The molecule has 0 heterocycles. The lowest BCUT2D eigenvalue weighted by Crippen LogP contribution is -2.04. The Bertz CT molecular complexity index is 742. The summed E-state index contributed by atoms with van der Waals surface area (Å²) in [6.45, 7) is -3.01. The molecule has 0 aliphatic carbocycles. The Labute approximate surface area is 140 Å². The monoisotopic (exact) mass is 359 g/mol. The highest BCUT2D eigenvalue weighted by atomic mass is 35.5. The van der Waals surface area contributed by atoms with E-state index in [1.807, 2.05) is 0 Å². The molecule has 0 spiro atoms. The lowest BCUT2D eigenvalue weighted by atomic mass is 10.2. The third-order valence-corrected chi connectivity index (χ3v) is 3.19. The summed E-state index contributed by atoms with van der Waals surface area (Å²) in [5, 5.41) is 11.2. The molecule has 6 nitrogen and oxygen atoms in total. The number of hydrogen-bond acceptors (Lipinski definition) is 5. The molecule has 9 heteroatoms. The molecule has 0 radical (unpaired) electrons. The van der Waals surface area contributed by atoms with Crippen molar-refractivity contribution in [2.24, 2.45) is 0 Å². The largest absolute Gasteiger partial charge is 0.493 e. The highest BCUT2D eigenvalue weighted by Gasteiger charge is 2.16. The highest BCUT2D eigenvalue weighted by Crippen LogP contribution is 2.32. The van der Waals surface area contributed by atoms with Crippen LogP contribution in [-0.4, -0.2) is 18.6 Å². The maximum Gasteiger partial charge on any atom is 0.387 e. The number of ether oxygens (including phenoxy) is 3. The van der Waals surface area contributed by atoms with E-state index in [-0.39, 0.29) is 34.6 Å². The Balaban J connectivity index is 2.16. The van der Waals surface area contributed by atoms with E-state index in [9.17, 15) is 18.9 Å². The van der Waals surface area contributed by atoms with Gasteiger partial charge in [-0.15, -0.1) is 0 Å². The molecule has 0 N–H and O–H groups in total. The number of rotatable bonds is 7. The minimum atomic E-state index is -2.97. The second-order valence-corrected chi connectivity index (χ2v) is 4.96. The maximum absolute atomic E-state index is 12.3. The van der Waals surface area contributed by atoms with E-state index in [1.165, 1.54) is 43.5 Å². The molecule has 0 fully saturated rings. The van der Waals surface area contributed by atoms with Crippen molar-refractivity contribution in [1.82, 2.24) is 0 Å². The predicted octanol–water partition coefficient (Wildman–Crippen LogP) is 4.44. The van der Waals surface area contributed by atoms with Gasteiger partial charge < -0.3 is 14.2 Å². The quantitative estimate of drug-likeness (QED) is 0.540. The lowest BCUT2D eigenvalue weighted by Gasteiger charge is -2.12. The van der Waals surface area contributed by atoms with E-state index in [0.717, 1.165) is 0 Å². The summed E-state index contributed by atoms with van der Waals surface area (Å²) in [7, 11) is 1.31. The molecule has 0 saturated heterocycles. The van der Waals surface area contributed by atoms with Gasteiger partial charge in [0, 0.05) is 11.1 Å². The molecular formula is C15H12ClF2NO5. The summed E-state index contributed by atoms with van der Waals surface area (Å²) in [5.41, 5.74) is 0.282. The van der Waals surface area contributed by atoms with E-state index in [0.29, 0.717) is 5.56 Å². The van der Waals surface area contributed by atoms with Gasteiger partial charge in [0.05, 0.1) is 12.0 Å². The van der Waals surface area contributed by atoms with Crippen LogP contribution in [0, 0.1) is 10.1 Å². The molecule has 0 unspecified atom stereocenters. The molecule has 0 bridgehead atoms. The number of hydrogen-bond donors (Lipinski definition) is 0. The molecule has 2 aromatic rings. The van der Waals surface area contributed by atoms with Crippen LogP contribution in [-0.2, 0) is 6.61 Å². The summed E-state index contributed by atoms with van der Waals surface area (Å²) in [6, 6.07) is 8.26. The SMILES string of the molecule is COc1cc(COc2ccc(Cl)cc2[N+](=O)[O-])ccc1OC(F)F. The fraction of sp³-hybridized carbons (Fsp3) is 0.200. The highest BCUT2D eigenvalue weighted by molar-refractivity contribution is 6.30. The maximum atomic E-state index is 12.3. The van der Waals surface area contributed by atoms with Crippen LogP contribution in [0.15, 0.2) is 36.4 Å². The number of nitro benzene ring substituents is 1. The third kappa shape index (κ3) is 4.45. The molecule has 0 aliphatic rings. The third-order valence-electron chi connectivity index (χ3n) is 2.96. The number of benzene rings is 2. The summed E-state index contributed by atoms with van der Waals surface area (Å²) >= 11 is 5.72. The zero-order valence-corrected chi connectivity index (χ0v) is 13.1. The average molecular weight is 360 g/mol. The molecule has 0 amide bonds. The van der Waals surface area contributed by atoms with E-state index >= 15 is 0 Å². The Hall–Kier alpha value is -2.61. The van der Waals surface area contributed by atoms with Crippen molar-refractivity contribution in [3.05, 3.63) is 57.1 Å². The number of nitro groups is 1. The van der Waals surface area contributed by atoms with Gasteiger partial charge >= 0.3 is 12.3 Å². The molecule has 128 valence electrons. The zero-order valence-electron chi connectivity index (χ0n) is 12.4. The van der Waals surface area contributed by atoms with Gasteiger partial charge in [0.15, 0.2) is 17.2 Å². The lowest BCUT2D eigenvalue weighted by molar-refractivity contribution is -0.385. The fourth-order valence-electron chi connectivity index (χ4n) is 1.91. The second kappa shape index (κ2) is 7.78. The minimum absolute atomic E-state index is 0.0339. The van der Waals surface area contributed by atoms with Gasteiger partial charge in [-0.3, -0.25) is 10.1 Å². The number of methoxy groups -OCH3 is 1. The van der Waals surface area contributed by atoms with E-state index < -0.39 is 11.5 Å². The van der Waals surface area contributed by atoms with E-state index in [4.69, 9.17) is 21.1 Å². The summed E-state index contributed by atoms with van der Waals surface area (Å²) in [4.78, 5) is 10.4. The first kappa shape index (κ1) is 17.7. The van der Waals surface area contributed by atoms with Crippen LogP contribution in [0.5, 0.6) is 17.2 Å². The molecule has 2 aromatic carbocycles. The van der Waals surface area contributed by atoms with Crippen molar-refractivity contribution in [3.8, 4) is 17.2 Å². The molecule has 0 aromatic heterocycles. The molecule has 2 rings (SSSR count). The van der Waals surface area contributed by atoms with Crippen LogP contribution >= 0.6 is 11.6 Å². The van der Waals surface area contributed by atoms with Crippen LogP contribution in [0.3, 0.4) is 0 Å². The predicted molar refractivity (Wildman–Crippen MR) is 82.1 cm³/mol. The minimum Gasteiger partial charge on any atom is -0.493 e. The van der Waals surface area contributed by atoms with Crippen LogP contribution in [0.2, 0.25) is 5.02 Å². The van der Waals surface area contributed by atoms with Crippen LogP contribution < -0.4 is 14.2 Å². The van der Waals surface area contributed by atoms with Gasteiger partial charge in [0.1, 0.15) is 6.61 Å². The van der Waals surface area contributed by atoms with Crippen LogP contribution in [0.1, 0.15) is 5.56 Å². The molecular weight excluding hydrogens is 348 g/mol. The first-order chi connectivity index (χ1) is 11.4. The Morgan fingerprint density at radius 1 is 1.17 bits per heavy atom. The Morgan fingerprint density at radius 2 is 1.88 bits per heavy atom. The topological polar surface area (TPSA) is 70.8 Å². The Kier molecular flexibility index (Phi) is 5.75. The van der Waals surface area contributed by atoms with E-state index in [2.05, 4.69) is 4.74 Å². The molecule has 0 saturated carbocycles.